The number of aliphatic hydroxyl groups excluding tert-OH is 1. The standard InChI is InChI=1S/C16H20N4O4/c1-11(8-12(2)21)10-17-16(22)15-6-7-19(18-15)13-4-3-5-14(9-13)20(23)24/h3-7,9,11-12,21H,8,10H2,1-2H3,(H,17,22). The highest BCUT2D eigenvalue weighted by Gasteiger charge is 2.13. The molecule has 0 aliphatic carbocycles. The predicted molar refractivity (Wildman–Crippen MR) is 88.0 cm³/mol. The van der Waals surface area contributed by atoms with Crippen LogP contribution in [0.5, 0.6) is 0 Å². The van der Waals surface area contributed by atoms with Crippen molar-refractivity contribution in [3.8, 4) is 5.69 Å². The van der Waals surface area contributed by atoms with Crippen LogP contribution in [0, 0.1) is 16.0 Å². The van der Waals surface area contributed by atoms with Gasteiger partial charge >= 0.3 is 0 Å². The molecule has 2 rings (SSSR count). The van der Waals surface area contributed by atoms with Crippen LogP contribution in [-0.4, -0.2) is 38.4 Å². The van der Waals surface area contributed by atoms with Gasteiger partial charge in [0.1, 0.15) is 0 Å². The monoisotopic (exact) mass is 332 g/mol. The van der Waals surface area contributed by atoms with E-state index in [1.165, 1.54) is 16.8 Å². The third kappa shape index (κ3) is 4.63. The van der Waals surface area contributed by atoms with Crippen molar-refractivity contribution in [3.05, 3.63) is 52.3 Å². The van der Waals surface area contributed by atoms with Gasteiger partial charge in [0.15, 0.2) is 5.69 Å². The first-order chi connectivity index (χ1) is 11.4. The average Bonchev–Trinajstić information content (AvgIpc) is 3.02. The fourth-order valence-electron chi connectivity index (χ4n) is 2.36. The number of amides is 1. The molecule has 0 fully saturated rings. The molecule has 1 aromatic heterocycles. The maximum atomic E-state index is 12.1. The number of hydrogen-bond donors (Lipinski definition) is 2. The van der Waals surface area contributed by atoms with Crippen LogP contribution in [0.3, 0.4) is 0 Å². The molecule has 0 bridgehead atoms. The number of hydrogen-bond acceptors (Lipinski definition) is 5. The molecule has 2 atom stereocenters. The molecule has 2 N–H and O–H groups in total. The summed E-state index contributed by atoms with van der Waals surface area (Å²) >= 11 is 0. The lowest BCUT2D eigenvalue weighted by atomic mass is 10.0. The maximum Gasteiger partial charge on any atom is 0.271 e. The molecule has 0 spiro atoms. The second-order valence-corrected chi connectivity index (χ2v) is 5.82. The van der Waals surface area contributed by atoms with Crippen molar-refractivity contribution in [1.29, 1.82) is 0 Å². The van der Waals surface area contributed by atoms with Crippen molar-refractivity contribution in [1.82, 2.24) is 15.1 Å². The van der Waals surface area contributed by atoms with E-state index in [2.05, 4.69) is 10.4 Å². The van der Waals surface area contributed by atoms with E-state index in [-0.39, 0.29) is 23.2 Å². The summed E-state index contributed by atoms with van der Waals surface area (Å²) in [5.74, 6) is -0.176. The van der Waals surface area contributed by atoms with Crippen LogP contribution in [0.1, 0.15) is 30.8 Å². The third-order valence-electron chi connectivity index (χ3n) is 3.48. The van der Waals surface area contributed by atoms with Crippen LogP contribution in [0.15, 0.2) is 36.5 Å². The van der Waals surface area contributed by atoms with Crippen LogP contribution in [-0.2, 0) is 0 Å². The molecule has 0 aliphatic heterocycles. The Morgan fingerprint density at radius 3 is 2.83 bits per heavy atom. The van der Waals surface area contributed by atoms with Crippen molar-refractivity contribution in [2.45, 2.75) is 26.4 Å². The van der Waals surface area contributed by atoms with Crippen LogP contribution >= 0.6 is 0 Å². The van der Waals surface area contributed by atoms with E-state index in [1.54, 1.807) is 31.3 Å². The van der Waals surface area contributed by atoms with Crippen molar-refractivity contribution >= 4 is 11.6 Å². The molecule has 1 heterocycles. The van der Waals surface area contributed by atoms with Gasteiger partial charge in [-0.15, -0.1) is 0 Å². The Morgan fingerprint density at radius 1 is 1.42 bits per heavy atom. The van der Waals surface area contributed by atoms with E-state index in [1.807, 2.05) is 6.92 Å². The molecule has 24 heavy (non-hydrogen) atoms. The minimum atomic E-state index is -0.482. The van der Waals surface area contributed by atoms with Gasteiger partial charge < -0.3 is 10.4 Å². The average molecular weight is 332 g/mol. The number of non-ortho nitro benzene ring substituents is 1. The molecule has 0 saturated heterocycles. The summed E-state index contributed by atoms with van der Waals surface area (Å²) < 4.78 is 1.42. The maximum absolute atomic E-state index is 12.1. The van der Waals surface area contributed by atoms with Crippen LogP contribution in [0.2, 0.25) is 0 Å². The lowest BCUT2D eigenvalue weighted by molar-refractivity contribution is -0.384. The Balaban J connectivity index is 2.03. The molecule has 0 radical (unpaired) electrons. The molecule has 0 saturated carbocycles. The smallest absolute Gasteiger partial charge is 0.271 e. The Labute approximate surface area is 139 Å². The molecule has 2 aromatic rings. The van der Waals surface area contributed by atoms with E-state index >= 15 is 0 Å². The first-order valence-electron chi connectivity index (χ1n) is 7.63. The van der Waals surface area contributed by atoms with Crippen LogP contribution < -0.4 is 5.32 Å². The number of nitrogens with one attached hydrogen (secondary N) is 1. The van der Waals surface area contributed by atoms with Gasteiger partial charge in [-0.2, -0.15) is 5.10 Å². The number of nitro benzene ring substituents is 1. The summed E-state index contributed by atoms with van der Waals surface area (Å²) in [5, 5.41) is 27.1. The Hall–Kier alpha value is -2.74. The lowest BCUT2D eigenvalue weighted by Crippen LogP contribution is -2.29. The number of rotatable bonds is 7. The second kappa shape index (κ2) is 7.69. The number of nitro groups is 1. The largest absolute Gasteiger partial charge is 0.393 e. The fourth-order valence-corrected chi connectivity index (χ4v) is 2.36. The lowest BCUT2D eigenvalue weighted by Gasteiger charge is -2.13. The highest BCUT2D eigenvalue weighted by atomic mass is 16.6. The van der Waals surface area contributed by atoms with E-state index in [0.717, 1.165) is 0 Å². The van der Waals surface area contributed by atoms with Gasteiger partial charge in [-0.3, -0.25) is 14.9 Å². The number of nitrogens with zero attached hydrogens (tertiary/aromatic N) is 3. The summed E-state index contributed by atoms with van der Waals surface area (Å²) in [6.45, 7) is 4.08. The van der Waals surface area contributed by atoms with E-state index in [4.69, 9.17) is 0 Å². The Kier molecular flexibility index (Phi) is 5.64. The molecular weight excluding hydrogens is 312 g/mol. The van der Waals surface area contributed by atoms with E-state index in [0.29, 0.717) is 18.7 Å². The number of benzene rings is 1. The number of carbonyl (C=O) groups excluding carboxylic acids is 1. The normalized spacial score (nSPS) is 13.3. The number of carbonyl (C=O) groups is 1. The molecule has 0 aliphatic rings. The van der Waals surface area contributed by atoms with Gasteiger partial charge in [0, 0.05) is 24.9 Å². The summed E-state index contributed by atoms with van der Waals surface area (Å²) in [4.78, 5) is 22.4. The summed E-state index contributed by atoms with van der Waals surface area (Å²) in [6.07, 6.45) is 1.76. The zero-order chi connectivity index (χ0) is 17.7. The Bertz CT molecular complexity index is 726. The highest BCUT2D eigenvalue weighted by molar-refractivity contribution is 5.92. The van der Waals surface area contributed by atoms with Crippen molar-refractivity contribution < 1.29 is 14.8 Å². The van der Waals surface area contributed by atoms with E-state index < -0.39 is 11.0 Å². The van der Waals surface area contributed by atoms with Gasteiger partial charge in [-0.1, -0.05) is 13.0 Å². The van der Waals surface area contributed by atoms with Crippen LogP contribution in [0.25, 0.3) is 5.69 Å². The zero-order valence-corrected chi connectivity index (χ0v) is 13.5. The topological polar surface area (TPSA) is 110 Å². The van der Waals surface area contributed by atoms with Gasteiger partial charge in [-0.25, -0.2) is 4.68 Å². The molecule has 1 amide bonds. The highest BCUT2D eigenvalue weighted by Crippen LogP contribution is 2.16. The van der Waals surface area contributed by atoms with Crippen molar-refractivity contribution in [2.75, 3.05) is 6.54 Å². The number of aromatic nitrogens is 2. The SMILES string of the molecule is CC(O)CC(C)CNC(=O)c1ccn(-c2cccc([N+](=O)[O-])c2)n1. The predicted octanol–water partition coefficient (Wildman–Crippen LogP) is 1.92. The van der Waals surface area contributed by atoms with Gasteiger partial charge in [0.05, 0.1) is 16.7 Å². The zero-order valence-electron chi connectivity index (χ0n) is 13.5. The van der Waals surface area contributed by atoms with E-state index in [9.17, 15) is 20.0 Å². The molecule has 8 heteroatoms. The van der Waals surface area contributed by atoms with Crippen molar-refractivity contribution in [2.24, 2.45) is 5.92 Å². The summed E-state index contributed by atoms with van der Waals surface area (Å²) in [7, 11) is 0. The molecule has 1 aromatic carbocycles. The van der Waals surface area contributed by atoms with Crippen LogP contribution in [0.4, 0.5) is 5.69 Å². The Morgan fingerprint density at radius 2 is 2.17 bits per heavy atom. The molecule has 128 valence electrons. The summed E-state index contributed by atoms with van der Waals surface area (Å²) in [5.41, 5.74) is 0.692. The minimum absolute atomic E-state index is 0.0408. The first-order valence-corrected chi connectivity index (χ1v) is 7.63. The molecular formula is C16H20N4O4. The fraction of sp³-hybridized carbons (Fsp3) is 0.375. The molecule has 8 nitrogen and oxygen atoms in total. The molecule has 2 unspecified atom stereocenters. The first kappa shape index (κ1) is 17.6. The second-order valence-electron chi connectivity index (χ2n) is 5.82. The van der Waals surface area contributed by atoms with Gasteiger partial charge in [0.2, 0.25) is 0 Å². The van der Waals surface area contributed by atoms with Gasteiger partial charge in [-0.05, 0) is 31.4 Å². The summed E-state index contributed by atoms with van der Waals surface area (Å²) in [6, 6.07) is 7.57. The number of aliphatic hydroxyl groups is 1. The third-order valence-corrected chi connectivity index (χ3v) is 3.48. The quantitative estimate of drug-likeness (QED) is 0.594. The minimum Gasteiger partial charge on any atom is -0.393 e. The van der Waals surface area contributed by atoms with Crippen molar-refractivity contribution in [3.63, 3.8) is 0 Å². The van der Waals surface area contributed by atoms with Gasteiger partial charge in [0.25, 0.3) is 11.6 Å².